The monoisotopic (exact) mass is 269 g/mol. The third kappa shape index (κ3) is 1.44. The summed E-state index contributed by atoms with van der Waals surface area (Å²) in [6.45, 7) is 7.22. The molecule has 3 aliphatic carbocycles. The molecule has 3 atom stereocenters. The topological polar surface area (TPSA) is 12.9 Å². The number of hydrogen-bond donors (Lipinski definition) is 0. The number of aromatic nitrogens is 1. The van der Waals surface area contributed by atoms with E-state index in [0.29, 0.717) is 11.3 Å². The van der Waals surface area contributed by atoms with Crippen LogP contribution in [0.15, 0.2) is 29.6 Å². The highest BCUT2D eigenvalue weighted by Gasteiger charge is 2.56. The van der Waals surface area contributed by atoms with E-state index in [4.69, 9.17) is 4.98 Å². The Morgan fingerprint density at radius 1 is 1.26 bits per heavy atom. The molecular formula is C17H19NS. The summed E-state index contributed by atoms with van der Waals surface area (Å²) in [6, 6.07) is 8.82. The van der Waals surface area contributed by atoms with Gasteiger partial charge >= 0.3 is 0 Å². The maximum Gasteiger partial charge on any atom is 0.0805 e. The standard InChI is InChI=1S/C17H19NS/c1-10-12-9-13(17(12,2)3)11-6-7-14(18-16(10)11)15-5-4-8-19-15/h4-8,10,12-13H,9H2,1-3H3/t10-,12+,13-/m0/s1. The van der Waals surface area contributed by atoms with Crippen LogP contribution in [0.4, 0.5) is 0 Å². The normalized spacial score (nSPS) is 30.6. The van der Waals surface area contributed by atoms with Gasteiger partial charge in [0, 0.05) is 11.6 Å². The predicted octanol–water partition coefficient (Wildman–Crippen LogP) is 5.06. The molecule has 0 spiro atoms. The van der Waals surface area contributed by atoms with Crippen molar-refractivity contribution in [1.82, 2.24) is 4.98 Å². The highest BCUT2D eigenvalue weighted by atomic mass is 32.1. The third-order valence-corrected chi connectivity index (χ3v) is 6.38. The lowest BCUT2D eigenvalue weighted by molar-refractivity contribution is -0.00270. The van der Waals surface area contributed by atoms with E-state index in [0.717, 1.165) is 17.5 Å². The zero-order valence-corrected chi connectivity index (χ0v) is 12.5. The SMILES string of the molecule is C[C@@H]1c2nc(-c3cccs3)ccc2[C@@H]2C[C@H]1C2(C)C. The van der Waals surface area contributed by atoms with E-state index >= 15 is 0 Å². The predicted molar refractivity (Wildman–Crippen MR) is 80.6 cm³/mol. The summed E-state index contributed by atoms with van der Waals surface area (Å²) >= 11 is 1.78. The molecule has 0 N–H and O–H groups in total. The Balaban J connectivity index is 1.84. The first-order valence-corrected chi connectivity index (χ1v) is 8.01. The highest BCUT2D eigenvalue weighted by Crippen LogP contribution is 2.66. The first-order valence-electron chi connectivity index (χ1n) is 7.13. The van der Waals surface area contributed by atoms with Gasteiger partial charge in [0.1, 0.15) is 0 Å². The van der Waals surface area contributed by atoms with Crippen LogP contribution in [0.3, 0.4) is 0 Å². The Labute approximate surface area is 118 Å². The van der Waals surface area contributed by atoms with Crippen molar-refractivity contribution < 1.29 is 0 Å². The van der Waals surface area contributed by atoms with Crippen LogP contribution in [0.2, 0.25) is 0 Å². The van der Waals surface area contributed by atoms with Crippen molar-refractivity contribution in [3.05, 3.63) is 40.9 Å². The number of rotatable bonds is 1. The van der Waals surface area contributed by atoms with Crippen molar-refractivity contribution in [1.29, 1.82) is 0 Å². The van der Waals surface area contributed by atoms with Crippen LogP contribution in [0.5, 0.6) is 0 Å². The highest BCUT2D eigenvalue weighted by molar-refractivity contribution is 7.13. The Morgan fingerprint density at radius 2 is 2.11 bits per heavy atom. The molecule has 3 aliphatic rings. The van der Waals surface area contributed by atoms with E-state index in [1.807, 2.05) is 0 Å². The van der Waals surface area contributed by atoms with Crippen molar-refractivity contribution in [2.75, 3.05) is 0 Å². The van der Waals surface area contributed by atoms with Crippen LogP contribution in [0.25, 0.3) is 10.6 Å². The summed E-state index contributed by atoms with van der Waals surface area (Å²) in [7, 11) is 0. The van der Waals surface area contributed by atoms with Gasteiger partial charge in [-0.2, -0.15) is 0 Å². The zero-order chi connectivity index (χ0) is 13.2. The molecule has 0 radical (unpaired) electrons. The molecule has 0 unspecified atom stereocenters. The average Bonchev–Trinajstić information content (AvgIpc) is 2.91. The largest absolute Gasteiger partial charge is 0.251 e. The second kappa shape index (κ2) is 3.69. The van der Waals surface area contributed by atoms with Crippen LogP contribution in [-0.2, 0) is 0 Å². The maximum atomic E-state index is 4.99. The molecule has 1 fully saturated rings. The minimum absolute atomic E-state index is 0.471. The van der Waals surface area contributed by atoms with Gasteiger partial charge in [-0.3, -0.25) is 4.98 Å². The van der Waals surface area contributed by atoms with E-state index in [1.165, 1.54) is 22.6 Å². The van der Waals surface area contributed by atoms with Crippen LogP contribution >= 0.6 is 11.3 Å². The molecule has 1 nitrogen and oxygen atoms in total. The van der Waals surface area contributed by atoms with E-state index < -0.39 is 0 Å². The summed E-state index contributed by atoms with van der Waals surface area (Å²) in [5.74, 6) is 2.15. The first kappa shape index (κ1) is 11.7. The van der Waals surface area contributed by atoms with Crippen LogP contribution in [0, 0.1) is 11.3 Å². The molecule has 98 valence electrons. The Bertz CT molecular complexity index is 627. The third-order valence-electron chi connectivity index (χ3n) is 5.48. The van der Waals surface area contributed by atoms with Crippen LogP contribution < -0.4 is 0 Å². The molecule has 2 bridgehead atoms. The van der Waals surface area contributed by atoms with Gasteiger partial charge in [0.05, 0.1) is 10.6 Å². The molecular weight excluding hydrogens is 250 g/mol. The molecule has 0 aliphatic heterocycles. The van der Waals surface area contributed by atoms with Crippen LogP contribution in [-0.4, -0.2) is 4.98 Å². The molecule has 0 aromatic carbocycles. The molecule has 19 heavy (non-hydrogen) atoms. The van der Waals surface area contributed by atoms with Gasteiger partial charge in [0.15, 0.2) is 0 Å². The van der Waals surface area contributed by atoms with E-state index in [-0.39, 0.29) is 0 Å². The fourth-order valence-electron chi connectivity index (χ4n) is 4.23. The van der Waals surface area contributed by atoms with E-state index in [1.54, 1.807) is 11.3 Å². The minimum atomic E-state index is 0.471. The maximum absolute atomic E-state index is 4.99. The van der Waals surface area contributed by atoms with Crippen molar-refractivity contribution in [3.8, 4) is 10.6 Å². The van der Waals surface area contributed by atoms with E-state index in [9.17, 15) is 0 Å². The number of thiophene rings is 1. The van der Waals surface area contributed by atoms with Gasteiger partial charge in [0.2, 0.25) is 0 Å². The number of hydrogen-bond acceptors (Lipinski definition) is 2. The molecule has 2 heteroatoms. The van der Waals surface area contributed by atoms with Gasteiger partial charge in [-0.05, 0) is 46.7 Å². The number of nitrogens with zero attached hydrogens (tertiary/aromatic N) is 1. The molecule has 5 rings (SSSR count). The van der Waals surface area contributed by atoms with Crippen LogP contribution in [0.1, 0.15) is 50.3 Å². The lowest BCUT2D eigenvalue weighted by atomic mass is 9.45. The smallest absolute Gasteiger partial charge is 0.0805 e. The fourth-order valence-corrected chi connectivity index (χ4v) is 4.93. The van der Waals surface area contributed by atoms with Gasteiger partial charge in [-0.25, -0.2) is 0 Å². The summed E-state index contributed by atoms with van der Waals surface area (Å²) in [4.78, 5) is 6.28. The summed E-state index contributed by atoms with van der Waals surface area (Å²) in [5, 5.41) is 2.13. The fraction of sp³-hybridized carbons (Fsp3) is 0.471. The Hall–Kier alpha value is -1.15. The summed E-state index contributed by atoms with van der Waals surface area (Å²) < 4.78 is 0. The summed E-state index contributed by atoms with van der Waals surface area (Å²) in [5.41, 5.74) is 4.50. The van der Waals surface area contributed by atoms with Gasteiger partial charge in [-0.1, -0.05) is 32.9 Å². The van der Waals surface area contributed by atoms with Crippen molar-refractivity contribution in [2.45, 2.75) is 39.0 Å². The minimum Gasteiger partial charge on any atom is -0.251 e. The van der Waals surface area contributed by atoms with Crippen molar-refractivity contribution >= 4 is 11.3 Å². The Morgan fingerprint density at radius 3 is 2.79 bits per heavy atom. The van der Waals surface area contributed by atoms with Gasteiger partial charge < -0.3 is 0 Å². The molecule has 2 heterocycles. The molecule has 1 saturated carbocycles. The first-order chi connectivity index (χ1) is 9.09. The second-order valence-electron chi connectivity index (χ2n) is 6.65. The molecule has 2 aromatic heterocycles. The second-order valence-corrected chi connectivity index (χ2v) is 7.60. The van der Waals surface area contributed by atoms with Gasteiger partial charge in [-0.15, -0.1) is 11.3 Å². The Kier molecular flexibility index (Phi) is 2.27. The molecule has 0 saturated heterocycles. The molecule has 0 amide bonds. The lowest BCUT2D eigenvalue weighted by Gasteiger charge is -2.59. The lowest BCUT2D eigenvalue weighted by Crippen LogP contribution is -2.50. The zero-order valence-electron chi connectivity index (χ0n) is 11.7. The molecule has 2 aromatic rings. The van der Waals surface area contributed by atoms with Crippen molar-refractivity contribution in [3.63, 3.8) is 0 Å². The number of pyridine rings is 1. The average molecular weight is 269 g/mol. The van der Waals surface area contributed by atoms with Gasteiger partial charge in [0.25, 0.3) is 0 Å². The van der Waals surface area contributed by atoms with E-state index in [2.05, 4.69) is 50.4 Å². The van der Waals surface area contributed by atoms with Crippen molar-refractivity contribution in [2.24, 2.45) is 11.3 Å². The quantitative estimate of drug-likeness (QED) is 0.705. The summed E-state index contributed by atoms with van der Waals surface area (Å²) in [6.07, 6.45) is 1.36.